The zero-order valence-electron chi connectivity index (χ0n) is 9.08. The molecule has 1 N–H and O–H groups in total. The molecule has 0 aliphatic carbocycles. The van der Waals surface area contributed by atoms with Crippen LogP contribution in [0.1, 0.15) is 29.3 Å². The summed E-state index contributed by atoms with van der Waals surface area (Å²) in [5.74, 6) is -0.330. The highest BCUT2D eigenvalue weighted by atomic mass is 16.5. The number of nitrogens with one attached hydrogen (secondary N) is 1. The molecule has 1 aliphatic heterocycles. The average molecular weight is 219 g/mol. The maximum atomic E-state index is 11.7. The van der Waals surface area contributed by atoms with Gasteiger partial charge in [-0.05, 0) is 31.0 Å². The summed E-state index contributed by atoms with van der Waals surface area (Å²) in [6, 6.07) is 5.28. The zero-order valence-corrected chi connectivity index (χ0v) is 9.08. The van der Waals surface area contributed by atoms with Crippen LogP contribution in [0.25, 0.3) is 0 Å². The summed E-state index contributed by atoms with van der Waals surface area (Å²) in [7, 11) is 0. The van der Waals surface area contributed by atoms with Gasteiger partial charge in [-0.2, -0.15) is 0 Å². The zero-order chi connectivity index (χ0) is 11.5. The highest BCUT2D eigenvalue weighted by Crippen LogP contribution is 2.26. The van der Waals surface area contributed by atoms with Crippen LogP contribution in [0.15, 0.2) is 18.2 Å². The summed E-state index contributed by atoms with van der Waals surface area (Å²) in [5, 5.41) is 2.75. The van der Waals surface area contributed by atoms with E-state index in [1.807, 2.05) is 0 Å². The van der Waals surface area contributed by atoms with Gasteiger partial charge >= 0.3 is 5.97 Å². The number of anilines is 1. The molecule has 1 aromatic carbocycles. The number of rotatable bonds is 2. The Balaban J connectivity index is 2.37. The first kappa shape index (κ1) is 10.7. The number of carbonyl (C=O) groups is 2. The molecule has 84 valence electrons. The number of hydrogen-bond donors (Lipinski definition) is 1. The van der Waals surface area contributed by atoms with E-state index in [1.165, 1.54) is 0 Å². The first-order valence-corrected chi connectivity index (χ1v) is 5.31. The molecule has 1 aromatic rings. The number of esters is 1. The number of carbonyl (C=O) groups excluding carboxylic acids is 2. The second-order valence-electron chi connectivity index (χ2n) is 3.60. The number of hydrogen-bond acceptors (Lipinski definition) is 3. The third-order valence-corrected chi connectivity index (χ3v) is 2.55. The summed E-state index contributed by atoms with van der Waals surface area (Å²) < 4.78 is 4.97. The molecule has 0 saturated heterocycles. The number of benzene rings is 1. The quantitative estimate of drug-likeness (QED) is 0.771. The van der Waals surface area contributed by atoms with Crippen LogP contribution in [0.2, 0.25) is 0 Å². The molecular formula is C12H13NO3. The molecule has 4 heteroatoms. The average Bonchev–Trinajstić information content (AvgIpc) is 2.28. The SMILES string of the molecule is CCOC(=O)c1cccc2c1CCC(=O)N2. The molecule has 2 rings (SSSR count). The van der Waals surface area contributed by atoms with E-state index < -0.39 is 0 Å². The fraction of sp³-hybridized carbons (Fsp3) is 0.333. The molecule has 0 saturated carbocycles. The number of amides is 1. The van der Waals surface area contributed by atoms with E-state index in [0.29, 0.717) is 25.0 Å². The standard InChI is InChI=1S/C12H13NO3/c1-2-16-12(15)9-4-3-5-10-8(9)6-7-11(14)13-10/h3-5H,2,6-7H2,1H3,(H,13,14). The first-order chi connectivity index (χ1) is 7.72. The van der Waals surface area contributed by atoms with Crippen molar-refractivity contribution < 1.29 is 14.3 Å². The Kier molecular flexibility index (Phi) is 2.90. The van der Waals surface area contributed by atoms with Crippen LogP contribution in [0, 0.1) is 0 Å². The van der Waals surface area contributed by atoms with Gasteiger partial charge < -0.3 is 10.1 Å². The fourth-order valence-corrected chi connectivity index (χ4v) is 1.82. The van der Waals surface area contributed by atoms with Crippen molar-refractivity contribution in [2.24, 2.45) is 0 Å². The lowest BCUT2D eigenvalue weighted by Crippen LogP contribution is -2.21. The molecule has 0 unspecified atom stereocenters. The van der Waals surface area contributed by atoms with Crippen LogP contribution in [0.5, 0.6) is 0 Å². The molecule has 1 aliphatic rings. The predicted octanol–water partition coefficient (Wildman–Crippen LogP) is 1.75. The molecule has 16 heavy (non-hydrogen) atoms. The summed E-state index contributed by atoms with van der Waals surface area (Å²) >= 11 is 0. The number of ether oxygens (including phenoxy) is 1. The van der Waals surface area contributed by atoms with Gasteiger partial charge in [-0.25, -0.2) is 4.79 Å². The van der Waals surface area contributed by atoms with E-state index in [9.17, 15) is 9.59 Å². The van der Waals surface area contributed by atoms with Gasteiger partial charge in [0.1, 0.15) is 0 Å². The number of fused-ring (bicyclic) bond motifs is 1. The predicted molar refractivity (Wildman–Crippen MR) is 59.3 cm³/mol. The summed E-state index contributed by atoms with van der Waals surface area (Å²) in [5.41, 5.74) is 2.15. The van der Waals surface area contributed by atoms with Crippen LogP contribution in [-0.2, 0) is 16.0 Å². The van der Waals surface area contributed by atoms with Gasteiger partial charge in [0.2, 0.25) is 5.91 Å². The third kappa shape index (κ3) is 1.91. The second-order valence-corrected chi connectivity index (χ2v) is 3.60. The van der Waals surface area contributed by atoms with Crippen molar-refractivity contribution in [1.82, 2.24) is 0 Å². The van der Waals surface area contributed by atoms with Crippen molar-refractivity contribution >= 4 is 17.6 Å². The summed E-state index contributed by atoms with van der Waals surface area (Å²) in [6.07, 6.45) is 1.01. The Morgan fingerprint density at radius 3 is 3.00 bits per heavy atom. The lowest BCUT2D eigenvalue weighted by molar-refractivity contribution is -0.116. The van der Waals surface area contributed by atoms with Crippen molar-refractivity contribution in [3.05, 3.63) is 29.3 Å². The fourth-order valence-electron chi connectivity index (χ4n) is 1.82. The lowest BCUT2D eigenvalue weighted by atomic mass is 9.97. The van der Waals surface area contributed by atoms with Gasteiger partial charge in [0, 0.05) is 12.1 Å². The molecule has 0 radical (unpaired) electrons. The van der Waals surface area contributed by atoms with E-state index in [0.717, 1.165) is 11.3 Å². The molecule has 0 bridgehead atoms. The minimum atomic E-state index is -0.324. The Morgan fingerprint density at radius 2 is 2.25 bits per heavy atom. The Hall–Kier alpha value is -1.84. The first-order valence-electron chi connectivity index (χ1n) is 5.31. The van der Waals surface area contributed by atoms with Crippen LogP contribution in [-0.4, -0.2) is 18.5 Å². The van der Waals surface area contributed by atoms with E-state index in [-0.39, 0.29) is 11.9 Å². The van der Waals surface area contributed by atoms with Gasteiger partial charge in [-0.3, -0.25) is 4.79 Å². The van der Waals surface area contributed by atoms with E-state index in [4.69, 9.17) is 4.74 Å². The Bertz CT molecular complexity index is 440. The molecule has 4 nitrogen and oxygen atoms in total. The Morgan fingerprint density at radius 1 is 1.44 bits per heavy atom. The largest absolute Gasteiger partial charge is 0.462 e. The van der Waals surface area contributed by atoms with Crippen LogP contribution in [0.3, 0.4) is 0 Å². The molecule has 0 atom stereocenters. The van der Waals surface area contributed by atoms with Crippen LogP contribution >= 0.6 is 0 Å². The topological polar surface area (TPSA) is 55.4 Å². The van der Waals surface area contributed by atoms with E-state index in [1.54, 1.807) is 25.1 Å². The maximum Gasteiger partial charge on any atom is 0.338 e. The highest BCUT2D eigenvalue weighted by Gasteiger charge is 2.21. The van der Waals surface area contributed by atoms with Crippen molar-refractivity contribution in [1.29, 1.82) is 0 Å². The molecular weight excluding hydrogens is 206 g/mol. The van der Waals surface area contributed by atoms with Crippen molar-refractivity contribution in [3.8, 4) is 0 Å². The van der Waals surface area contributed by atoms with Crippen LogP contribution in [0.4, 0.5) is 5.69 Å². The lowest BCUT2D eigenvalue weighted by Gasteiger charge is -2.18. The monoisotopic (exact) mass is 219 g/mol. The van der Waals surface area contributed by atoms with Gasteiger partial charge in [0.25, 0.3) is 0 Å². The summed E-state index contributed by atoms with van der Waals surface area (Å²) in [6.45, 7) is 2.13. The van der Waals surface area contributed by atoms with Crippen molar-refractivity contribution in [2.45, 2.75) is 19.8 Å². The minimum absolute atomic E-state index is 0.00601. The molecule has 0 aromatic heterocycles. The smallest absolute Gasteiger partial charge is 0.338 e. The minimum Gasteiger partial charge on any atom is -0.462 e. The van der Waals surface area contributed by atoms with Gasteiger partial charge in [-0.15, -0.1) is 0 Å². The van der Waals surface area contributed by atoms with Crippen LogP contribution < -0.4 is 5.32 Å². The van der Waals surface area contributed by atoms with Gasteiger partial charge in [-0.1, -0.05) is 6.07 Å². The third-order valence-electron chi connectivity index (χ3n) is 2.55. The van der Waals surface area contributed by atoms with Gasteiger partial charge in [0.05, 0.1) is 12.2 Å². The normalized spacial score (nSPS) is 13.9. The summed E-state index contributed by atoms with van der Waals surface area (Å²) in [4.78, 5) is 22.9. The molecule has 0 fully saturated rings. The molecule has 0 spiro atoms. The van der Waals surface area contributed by atoms with E-state index in [2.05, 4.69) is 5.32 Å². The molecule has 1 amide bonds. The maximum absolute atomic E-state index is 11.7. The Labute approximate surface area is 93.6 Å². The van der Waals surface area contributed by atoms with Gasteiger partial charge in [0.15, 0.2) is 0 Å². The van der Waals surface area contributed by atoms with Crippen molar-refractivity contribution in [2.75, 3.05) is 11.9 Å². The van der Waals surface area contributed by atoms with Crippen molar-refractivity contribution in [3.63, 3.8) is 0 Å². The second kappa shape index (κ2) is 4.35. The molecule has 1 heterocycles. The van der Waals surface area contributed by atoms with E-state index >= 15 is 0 Å². The highest BCUT2D eigenvalue weighted by molar-refractivity contribution is 5.99.